The molecule has 2 heterocycles. The van der Waals surface area contributed by atoms with Crippen molar-refractivity contribution in [1.82, 2.24) is 14.9 Å². The molecule has 0 bridgehead atoms. The Kier molecular flexibility index (Phi) is 5.69. The highest BCUT2D eigenvalue weighted by Crippen LogP contribution is 2.36. The monoisotopic (exact) mass is 421 g/mol. The minimum absolute atomic E-state index is 0.0523. The summed E-state index contributed by atoms with van der Waals surface area (Å²) in [6, 6.07) is 8.32. The van der Waals surface area contributed by atoms with Crippen LogP contribution in [0.25, 0.3) is 11.0 Å². The van der Waals surface area contributed by atoms with Crippen LogP contribution in [0, 0.1) is 0 Å². The molecule has 2 aromatic rings. The summed E-state index contributed by atoms with van der Waals surface area (Å²) in [5.74, 6) is 0.0996. The molecule has 1 saturated heterocycles. The molecule has 152 valence electrons. The van der Waals surface area contributed by atoms with E-state index >= 15 is 0 Å². The first-order chi connectivity index (χ1) is 13.4. The molecule has 4 rings (SSSR count). The van der Waals surface area contributed by atoms with Gasteiger partial charge in [0, 0.05) is 12.1 Å². The standard InChI is InChI=1S/C20H27N3O3S2/c1-14(19(24)21-15-11-12-28(25,26)13-15)27-20-22-17-9-5-6-10-18(17)23(20)16-7-3-2-4-8-16/h5-6,9-10,14-16H,2-4,7-8,11-13H2,1H3,(H,21,24)/t14-,15+/m1/s1. The maximum absolute atomic E-state index is 12.7. The van der Waals surface area contributed by atoms with Gasteiger partial charge in [0.05, 0.1) is 27.8 Å². The van der Waals surface area contributed by atoms with Gasteiger partial charge in [-0.25, -0.2) is 13.4 Å². The normalized spacial score (nSPS) is 23.7. The van der Waals surface area contributed by atoms with Crippen LogP contribution >= 0.6 is 11.8 Å². The Morgan fingerprint density at radius 2 is 1.96 bits per heavy atom. The number of carbonyl (C=O) groups is 1. The van der Waals surface area contributed by atoms with Gasteiger partial charge >= 0.3 is 0 Å². The van der Waals surface area contributed by atoms with Crippen LogP contribution in [-0.2, 0) is 14.6 Å². The number of hydrogen-bond acceptors (Lipinski definition) is 5. The van der Waals surface area contributed by atoms with E-state index < -0.39 is 9.84 Å². The number of aromatic nitrogens is 2. The number of rotatable bonds is 5. The lowest BCUT2D eigenvalue weighted by molar-refractivity contribution is -0.120. The first-order valence-corrected chi connectivity index (χ1v) is 12.8. The summed E-state index contributed by atoms with van der Waals surface area (Å²) in [6.45, 7) is 1.87. The molecule has 2 fully saturated rings. The van der Waals surface area contributed by atoms with Gasteiger partial charge in [0.1, 0.15) is 0 Å². The second kappa shape index (κ2) is 8.06. The van der Waals surface area contributed by atoms with Gasteiger partial charge in [-0.3, -0.25) is 4.79 Å². The van der Waals surface area contributed by atoms with E-state index in [4.69, 9.17) is 4.98 Å². The van der Waals surface area contributed by atoms with Crippen molar-refractivity contribution >= 4 is 38.5 Å². The lowest BCUT2D eigenvalue weighted by atomic mass is 9.95. The molecule has 2 aliphatic rings. The summed E-state index contributed by atoms with van der Waals surface area (Å²) < 4.78 is 25.6. The number of fused-ring (bicyclic) bond motifs is 1. The minimum Gasteiger partial charge on any atom is -0.351 e. The Labute approximate surface area is 170 Å². The second-order valence-electron chi connectivity index (χ2n) is 7.91. The molecule has 0 radical (unpaired) electrons. The third kappa shape index (κ3) is 4.22. The van der Waals surface area contributed by atoms with Crippen LogP contribution in [-0.4, -0.2) is 46.7 Å². The Morgan fingerprint density at radius 3 is 2.68 bits per heavy atom. The molecule has 1 aliphatic heterocycles. The molecule has 28 heavy (non-hydrogen) atoms. The third-order valence-electron chi connectivity index (χ3n) is 5.73. The zero-order valence-corrected chi connectivity index (χ0v) is 17.8. The maximum atomic E-state index is 12.7. The van der Waals surface area contributed by atoms with E-state index in [1.165, 1.54) is 31.0 Å². The van der Waals surface area contributed by atoms with Gasteiger partial charge < -0.3 is 9.88 Å². The van der Waals surface area contributed by atoms with E-state index in [2.05, 4.69) is 16.0 Å². The largest absolute Gasteiger partial charge is 0.351 e. The molecule has 0 spiro atoms. The molecule has 1 aromatic carbocycles. The number of nitrogens with zero attached hydrogens (tertiary/aromatic N) is 2. The van der Waals surface area contributed by atoms with Crippen molar-refractivity contribution in [3.63, 3.8) is 0 Å². The zero-order chi connectivity index (χ0) is 19.7. The summed E-state index contributed by atoms with van der Waals surface area (Å²) in [7, 11) is -3.00. The molecule has 6 nitrogen and oxygen atoms in total. The van der Waals surface area contributed by atoms with Crippen LogP contribution in [0.3, 0.4) is 0 Å². The highest BCUT2D eigenvalue weighted by molar-refractivity contribution is 8.00. The Hall–Kier alpha value is -1.54. The van der Waals surface area contributed by atoms with Crippen molar-refractivity contribution in [3.05, 3.63) is 24.3 Å². The average Bonchev–Trinajstić information content (AvgIpc) is 3.21. The summed E-state index contributed by atoms with van der Waals surface area (Å²) >= 11 is 1.47. The third-order valence-corrected chi connectivity index (χ3v) is 8.57. The van der Waals surface area contributed by atoms with Crippen molar-refractivity contribution < 1.29 is 13.2 Å². The molecule has 1 saturated carbocycles. The minimum atomic E-state index is -3.00. The fraction of sp³-hybridized carbons (Fsp3) is 0.600. The van der Waals surface area contributed by atoms with Gasteiger partial charge in [-0.05, 0) is 38.3 Å². The van der Waals surface area contributed by atoms with E-state index in [0.29, 0.717) is 12.5 Å². The van der Waals surface area contributed by atoms with Crippen LogP contribution in [0.5, 0.6) is 0 Å². The average molecular weight is 422 g/mol. The number of sulfone groups is 1. The highest BCUT2D eigenvalue weighted by atomic mass is 32.2. The summed E-state index contributed by atoms with van der Waals surface area (Å²) in [5, 5.41) is 3.46. The van der Waals surface area contributed by atoms with E-state index in [1.54, 1.807) is 0 Å². The van der Waals surface area contributed by atoms with Crippen LogP contribution in [0.1, 0.15) is 51.5 Å². The van der Waals surface area contributed by atoms with Gasteiger partial charge in [0.15, 0.2) is 15.0 Å². The van der Waals surface area contributed by atoms with Gasteiger partial charge in [-0.2, -0.15) is 0 Å². The Bertz CT molecular complexity index is 964. The predicted molar refractivity (Wildman–Crippen MR) is 112 cm³/mol. The fourth-order valence-electron chi connectivity index (χ4n) is 4.24. The van der Waals surface area contributed by atoms with Crippen molar-refractivity contribution in [3.8, 4) is 0 Å². The van der Waals surface area contributed by atoms with Crippen LogP contribution in [0.2, 0.25) is 0 Å². The molecular formula is C20H27N3O3S2. The summed E-state index contributed by atoms with van der Waals surface area (Å²) in [5.41, 5.74) is 2.09. The highest BCUT2D eigenvalue weighted by Gasteiger charge is 2.31. The summed E-state index contributed by atoms with van der Waals surface area (Å²) in [6.07, 6.45) is 6.55. The fourth-order valence-corrected chi connectivity index (χ4v) is 6.91. The topological polar surface area (TPSA) is 81.1 Å². The molecule has 8 heteroatoms. The van der Waals surface area contributed by atoms with E-state index in [9.17, 15) is 13.2 Å². The Balaban J connectivity index is 1.52. The second-order valence-corrected chi connectivity index (χ2v) is 11.5. The number of carbonyl (C=O) groups excluding carboxylic acids is 1. The molecule has 1 aliphatic carbocycles. The molecular weight excluding hydrogens is 394 g/mol. The van der Waals surface area contributed by atoms with Gasteiger partial charge in [0.25, 0.3) is 0 Å². The lowest BCUT2D eigenvalue weighted by Gasteiger charge is -2.26. The number of para-hydroxylation sites is 2. The van der Waals surface area contributed by atoms with Crippen molar-refractivity contribution in [1.29, 1.82) is 0 Å². The SMILES string of the molecule is C[C@@H](Sc1nc2ccccc2n1C1CCCCC1)C(=O)N[C@H]1CCS(=O)(=O)C1. The molecule has 0 unspecified atom stereocenters. The predicted octanol–water partition coefficient (Wildman–Crippen LogP) is 3.33. The number of imidazole rings is 1. The van der Waals surface area contributed by atoms with Crippen molar-refractivity contribution in [2.24, 2.45) is 0 Å². The Morgan fingerprint density at radius 1 is 1.21 bits per heavy atom. The smallest absolute Gasteiger partial charge is 0.233 e. The lowest BCUT2D eigenvalue weighted by Crippen LogP contribution is -2.40. The van der Waals surface area contributed by atoms with E-state index in [0.717, 1.165) is 29.0 Å². The van der Waals surface area contributed by atoms with Crippen LogP contribution < -0.4 is 5.32 Å². The number of hydrogen-bond donors (Lipinski definition) is 1. The molecule has 1 N–H and O–H groups in total. The van der Waals surface area contributed by atoms with E-state index in [-0.39, 0.29) is 28.7 Å². The first kappa shape index (κ1) is 19.8. The van der Waals surface area contributed by atoms with Gasteiger partial charge in [0.2, 0.25) is 5.91 Å². The van der Waals surface area contributed by atoms with Gasteiger partial charge in [-0.1, -0.05) is 43.2 Å². The van der Waals surface area contributed by atoms with Crippen molar-refractivity contribution in [2.75, 3.05) is 11.5 Å². The number of thioether (sulfide) groups is 1. The zero-order valence-electron chi connectivity index (χ0n) is 16.1. The molecule has 1 aromatic heterocycles. The van der Waals surface area contributed by atoms with Crippen molar-refractivity contribution in [2.45, 2.75) is 67.9 Å². The van der Waals surface area contributed by atoms with E-state index in [1.807, 2.05) is 25.1 Å². The van der Waals surface area contributed by atoms with Crippen LogP contribution in [0.4, 0.5) is 0 Å². The molecule has 1 amide bonds. The number of benzene rings is 1. The first-order valence-electron chi connectivity index (χ1n) is 10.1. The summed E-state index contributed by atoms with van der Waals surface area (Å²) in [4.78, 5) is 17.5. The number of amides is 1. The molecule has 2 atom stereocenters. The quantitative estimate of drug-likeness (QED) is 0.749. The van der Waals surface area contributed by atoms with Gasteiger partial charge in [-0.15, -0.1) is 0 Å². The maximum Gasteiger partial charge on any atom is 0.233 e. The van der Waals surface area contributed by atoms with Crippen LogP contribution in [0.15, 0.2) is 29.4 Å². The number of nitrogens with one attached hydrogen (secondary N) is 1.